The Bertz CT molecular complexity index is 1340. The Kier molecular flexibility index (Phi) is 9.15. The van der Waals surface area contributed by atoms with Crippen LogP contribution in [0, 0.1) is 0 Å². The SMILES string of the molecule is C[C@H]1NC(=O)CN(C)C(=O)[C@@H](Cc2ccccc2)NC(=O)[C@H]2CN(Cc3cc4c(cc3Cl)OCO4)C[C@H](CNC1=O)O2. The third kappa shape index (κ3) is 7.12. The number of nitrogens with one attached hydrogen (secondary N) is 3. The van der Waals surface area contributed by atoms with Gasteiger partial charge in [-0.1, -0.05) is 41.9 Å². The van der Waals surface area contributed by atoms with Gasteiger partial charge in [0.2, 0.25) is 24.5 Å². The largest absolute Gasteiger partial charge is 0.454 e. The Morgan fingerprint density at radius 3 is 2.48 bits per heavy atom. The number of hydrogen-bond acceptors (Lipinski definition) is 8. The van der Waals surface area contributed by atoms with E-state index >= 15 is 0 Å². The Morgan fingerprint density at radius 1 is 0.976 bits per heavy atom. The fourth-order valence-electron chi connectivity index (χ4n) is 5.22. The van der Waals surface area contributed by atoms with Crippen molar-refractivity contribution in [3.05, 3.63) is 58.6 Å². The van der Waals surface area contributed by atoms with Crippen molar-refractivity contribution in [1.29, 1.82) is 0 Å². The van der Waals surface area contributed by atoms with E-state index in [0.29, 0.717) is 29.6 Å². The van der Waals surface area contributed by atoms with Crippen LogP contribution in [0.5, 0.6) is 11.5 Å². The summed E-state index contributed by atoms with van der Waals surface area (Å²) in [7, 11) is 1.48. The first kappa shape index (κ1) is 29.6. The van der Waals surface area contributed by atoms with Crippen LogP contribution in [0.1, 0.15) is 18.1 Å². The molecule has 2 saturated heterocycles. The molecular formula is C29H34ClN5O7. The van der Waals surface area contributed by atoms with Crippen molar-refractivity contribution in [3.63, 3.8) is 0 Å². The van der Waals surface area contributed by atoms with Gasteiger partial charge in [0.15, 0.2) is 11.5 Å². The summed E-state index contributed by atoms with van der Waals surface area (Å²) in [6.07, 6.45) is -1.27. The fourth-order valence-corrected chi connectivity index (χ4v) is 5.43. The van der Waals surface area contributed by atoms with Crippen LogP contribution in [-0.4, -0.2) is 97.7 Å². The van der Waals surface area contributed by atoms with Crippen molar-refractivity contribution >= 4 is 35.2 Å². The van der Waals surface area contributed by atoms with Gasteiger partial charge in [-0.3, -0.25) is 24.1 Å². The fraction of sp³-hybridized carbons (Fsp3) is 0.448. The summed E-state index contributed by atoms with van der Waals surface area (Å²) in [6, 6.07) is 11.0. The van der Waals surface area contributed by atoms with E-state index in [0.717, 1.165) is 11.1 Å². The molecular weight excluding hydrogens is 566 g/mol. The minimum atomic E-state index is -0.944. The Balaban J connectivity index is 1.40. The number of carbonyl (C=O) groups excluding carboxylic acids is 4. The number of fused-ring (bicyclic) bond motifs is 3. The molecule has 0 saturated carbocycles. The lowest BCUT2D eigenvalue weighted by molar-refractivity contribution is -0.150. The van der Waals surface area contributed by atoms with Crippen LogP contribution in [0.3, 0.4) is 0 Å². The van der Waals surface area contributed by atoms with Gasteiger partial charge in [-0.05, 0) is 24.1 Å². The molecule has 3 heterocycles. The second kappa shape index (κ2) is 13.0. The van der Waals surface area contributed by atoms with Gasteiger partial charge in [0.25, 0.3) is 5.91 Å². The normalized spacial score (nSPS) is 25.6. The Hall–Kier alpha value is -3.87. The summed E-state index contributed by atoms with van der Waals surface area (Å²) in [5.74, 6) is -0.645. The van der Waals surface area contributed by atoms with E-state index < -0.39 is 47.9 Å². The van der Waals surface area contributed by atoms with Gasteiger partial charge in [0, 0.05) is 50.7 Å². The van der Waals surface area contributed by atoms with Gasteiger partial charge < -0.3 is 35.1 Å². The topological polar surface area (TPSA) is 139 Å². The third-order valence-electron chi connectivity index (χ3n) is 7.40. The lowest BCUT2D eigenvalue weighted by atomic mass is 10.0. The smallest absolute Gasteiger partial charge is 0.251 e. The molecule has 2 fully saturated rings. The second-order valence-electron chi connectivity index (χ2n) is 10.7. The lowest BCUT2D eigenvalue weighted by Crippen LogP contribution is -2.58. The molecule has 2 aromatic rings. The van der Waals surface area contributed by atoms with E-state index in [-0.39, 0.29) is 32.8 Å². The van der Waals surface area contributed by atoms with Crippen LogP contribution in [0.4, 0.5) is 0 Å². The zero-order valence-corrected chi connectivity index (χ0v) is 24.2. The molecule has 2 bridgehead atoms. The summed E-state index contributed by atoms with van der Waals surface area (Å²) >= 11 is 6.54. The van der Waals surface area contributed by atoms with Crippen LogP contribution >= 0.6 is 11.6 Å². The Morgan fingerprint density at radius 2 is 1.71 bits per heavy atom. The molecule has 0 spiro atoms. The predicted molar refractivity (Wildman–Crippen MR) is 152 cm³/mol. The number of nitrogens with zero attached hydrogens (tertiary/aromatic N) is 2. The van der Waals surface area contributed by atoms with Gasteiger partial charge in [-0.2, -0.15) is 0 Å². The highest BCUT2D eigenvalue weighted by atomic mass is 35.5. The summed E-state index contributed by atoms with van der Waals surface area (Å²) in [5.41, 5.74) is 1.63. The molecule has 0 aromatic heterocycles. The van der Waals surface area contributed by atoms with Crippen molar-refractivity contribution in [3.8, 4) is 11.5 Å². The molecule has 2 aromatic carbocycles. The standard InChI is InChI=1S/C29H34ClN5O7/c1-17-27(37)31-11-20-13-35(12-19-9-23-24(10-21(19)30)41-16-40-23)14-25(42-20)28(38)33-22(8-18-6-4-3-5-7-18)29(39)34(2)15-26(36)32-17/h3-7,9-10,17,20,22,25H,8,11-16H2,1-2H3,(H,31,37)(H,32,36)(H,33,38)/t17-,20+,22-,25-/m1/s1. The molecule has 0 unspecified atom stereocenters. The van der Waals surface area contributed by atoms with E-state index in [2.05, 4.69) is 16.0 Å². The van der Waals surface area contributed by atoms with E-state index in [4.69, 9.17) is 25.8 Å². The summed E-state index contributed by atoms with van der Waals surface area (Å²) in [5, 5.41) is 8.80. The minimum absolute atomic E-state index is 0.112. The van der Waals surface area contributed by atoms with Crippen molar-refractivity contribution in [2.45, 2.75) is 44.2 Å². The zero-order chi connectivity index (χ0) is 29.8. The average Bonchev–Trinajstić information content (AvgIpc) is 3.42. The van der Waals surface area contributed by atoms with Crippen LogP contribution in [0.15, 0.2) is 42.5 Å². The van der Waals surface area contributed by atoms with Gasteiger partial charge in [0.05, 0.1) is 12.6 Å². The number of likely N-dealkylation sites (N-methyl/N-ethyl adjacent to an activating group) is 1. The van der Waals surface area contributed by atoms with Crippen molar-refractivity contribution in [2.75, 3.05) is 40.0 Å². The maximum Gasteiger partial charge on any atom is 0.251 e. The molecule has 4 amide bonds. The maximum absolute atomic E-state index is 13.7. The number of hydrogen-bond donors (Lipinski definition) is 3. The molecule has 0 aliphatic carbocycles. The van der Waals surface area contributed by atoms with E-state index in [1.54, 1.807) is 13.0 Å². The molecule has 3 N–H and O–H groups in total. The van der Waals surface area contributed by atoms with E-state index in [9.17, 15) is 19.2 Å². The highest BCUT2D eigenvalue weighted by molar-refractivity contribution is 6.31. The van der Waals surface area contributed by atoms with E-state index in [1.807, 2.05) is 41.3 Å². The monoisotopic (exact) mass is 599 g/mol. The summed E-state index contributed by atoms with van der Waals surface area (Å²) in [6.45, 7) is 2.52. The molecule has 12 nitrogen and oxygen atoms in total. The van der Waals surface area contributed by atoms with Gasteiger partial charge >= 0.3 is 0 Å². The number of carbonyl (C=O) groups is 4. The second-order valence-corrected chi connectivity index (χ2v) is 11.1. The van der Waals surface area contributed by atoms with Crippen LogP contribution < -0.4 is 25.4 Å². The molecule has 4 atom stereocenters. The van der Waals surface area contributed by atoms with Crippen molar-refractivity contribution < 1.29 is 33.4 Å². The number of ether oxygens (including phenoxy) is 3. The maximum atomic E-state index is 13.7. The first-order valence-corrected chi connectivity index (χ1v) is 14.2. The number of halogens is 1. The van der Waals surface area contributed by atoms with Crippen molar-refractivity contribution in [2.24, 2.45) is 0 Å². The molecule has 3 aliphatic rings. The molecule has 42 heavy (non-hydrogen) atoms. The van der Waals surface area contributed by atoms with Crippen LogP contribution in [-0.2, 0) is 36.9 Å². The van der Waals surface area contributed by atoms with Crippen LogP contribution in [0.25, 0.3) is 0 Å². The number of benzene rings is 2. The average molecular weight is 600 g/mol. The quantitative estimate of drug-likeness (QED) is 0.461. The summed E-state index contributed by atoms with van der Waals surface area (Å²) < 4.78 is 17.1. The Labute approximate surface area is 248 Å². The van der Waals surface area contributed by atoms with E-state index in [1.165, 1.54) is 11.9 Å². The van der Waals surface area contributed by atoms with Crippen molar-refractivity contribution in [1.82, 2.24) is 25.8 Å². The molecule has 5 rings (SSSR count). The summed E-state index contributed by atoms with van der Waals surface area (Å²) in [4.78, 5) is 55.8. The lowest BCUT2D eigenvalue weighted by Gasteiger charge is -2.38. The first-order valence-electron chi connectivity index (χ1n) is 13.8. The molecule has 0 radical (unpaired) electrons. The molecule has 13 heteroatoms. The van der Waals surface area contributed by atoms with Gasteiger partial charge in [-0.25, -0.2) is 0 Å². The highest BCUT2D eigenvalue weighted by Gasteiger charge is 2.36. The predicted octanol–water partition coefficient (Wildman–Crippen LogP) is 0.459. The number of amides is 4. The van der Waals surface area contributed by atoms with Crippen LogP contribution in [0.2, 0.25) is 5.02 Å². The third-order valence-corrected chi connectivity index (χ3v) is 7.75. The molecule has 224 valence electrons. The van der Waals surface area contributed by atoms with Gasteiger partial charge in [-0.15, -0.1) is 0 Å². The highest BCUT2D eigenvalue weighted by Crippen LogP contribution is 2.37. The minimum Gasteiger partial charge on any atom is -0.454 e. The number of rotatable bonds is 4. The first-order chi connectivity index (χ1) is 20.2. The zero-order valence-electron chi connectivity index (χ0n) is 23.4. The molecule has 3 aliphatic heterocycles. The number of morpholine rings is 1. The van der Waals surface area contributed by atoms with Gasteiger partial charge in [0.1, 0.15) is 18.2 Å².